The summed E-state index contributed by atoms with van der Waals surface area (Å²) in [6.07, 6.45) is 2.13. The van der Waals surface area contributed by atoms with Gasteiger partial charge in [-0.2, -0.15) is 0 Å². The molecule has 0 spiro atoms. The second kappa shape index (κ2) is 3.76. The van der Waals surface area contributed by atoms with Crippen molar-refractivity contribution in [2.45, 2.75) is 13.5 Å². The summed E-state index contributed by atoms with van der Waals surface area (Å²) in [6.45, 7) is 2.90. The van der Waals surface area contributed by atoms with E-state index in [0.717, 1.165) is 12.2 Å². The topological polar surface area (TPSA) is 17.8 Å². The zero-order valence-electron chi connectivity index (χ0n) is 9.05. The van der Waals surface area contributed by atoms with Gasteiger partial charge < -0.3 is 4.57 Å². The van der Waals surface area contributed by atoms with E-state index in [1.165, 1.54) is 15.9 Å². The Morgan fingerprint density at radius 3 is 2.94 bits per heavy atom. The highest BCUT2D eigenvalue weighted by molar-refractivity contribution is 7.09. The lowest BCUT2D eigenvalue weighted by molar-refractivity contribution is 0.825. The van der Waals surface area contributed by atoms with Crippen molar-refractivity contribution in [2.75, 3.05) is 0 Å². The van der Waals surface area contributed by atoms with Crippen molar-refractivity contribution >= 4 is 22.2 Å². The minimum Gasteiger partial charge on any atom is -0.341 e. The van der Waals surface area contributed by atoms with Gasteiger partial charge in [-0.05, 0) is 24.4 Å². The number of nitrogens with zero attached hydrogens (tertiary/aromatic N) is 2. The maximum atomic E-state index is 4.49. The lowest BCUT2D eigenvalue weighted by Gasteiger charge is -2.01. The molecule has 0 aliphatic carbocycles. The van der Waals surface area contributed by atoms with Crippen LogP contribution < -0.4 is 0 Å². The van der Waals surface area contributed by atoms with Gasteiger partial charge in [-0.15, -0.1) is 11.3 Å². The molecule has 1 aromatic carbocycles. The predicted octanol–water partition coefficient (Wildman–Crippen LogP) is 3.45. The standard InChI is InChI=1S/C13H12N2S/c1-10-9-16-13(14-10)8-15-7-6-11-4-2-3-5-12(11)15/h2-7,9H,8H2,1H3. The number of rotatable bonds is 2. The third-order valence-corrected chi connectivity index (χ3v) is 3.60. The van der Waals surface area contributed by atoms with Crippen LogP contribution in [0.2, 0.25) is 0 Å². The van der Waals surface area contributed by atoms with E-state index in [1.807, 2.05) is 6.92 Å². The molecule has 3 rings (SSSR count). The van der Waals surface area contributed by atoms with Crippen LogP contribution in [-0.4, -0.2) is 9.55 Å². The molecule has 0 N–H and O–H groups in total. The van der Waals surface area contributed by atoms with Crippen molar-refractivity contribution in [3.8, 4) is 0 Å². The smallest absolute Gasteiger partial charge is 0.113 e. The van der Waals surface area contributed by atoms with Crippen LogP contribution in [0.3, 0.4) is 0 Å². The molecule has 16 heavy (non-hydrogen) atoms. The first-order valence-electron chi connectivity index (χ1n) is 5.28. The summed E-state index contributed by atoms with van der Waals surface area (Å²) in [4.78, 5) is 4.49. The molecule has 0 radical (unpaired) electrons. The fourth-order valence-corrected chi connectivity index (χ4v) is 2.67. The zero-order valence-corrected chi connectivity index (χ0v) is 9.87. The van der Waals surface area contributed by atoms with E-state index in [0.29, 0.717) is 0 Å². The molecule has 2 aromatic heterocycles. The van der Waals surface area contributed by atoms with Crippen LogP contribution in [0.1, 0.15) is 10.7 Å². The van der Waals surface area contributed by atoms with Gasteiger partial charge in [0.15, 0.2) is 0 Å². The summed E-state index contributed by atoms with van der Waals surface area (Å²) in [6, 6.07) is 10.6. The quantitative estimate of drug-likeness (QED) is 0.657. The summed E-state index contributed by atoms with van der Waals surface area (Å²) < 4.78 is 2.24. The average molecular weight is 228 g/mol. The Hall–Kier alpha value is -1.61. The van der Waals surface area contributed by atoms with E-state index < -0.39 is 0 Å². The van der Waals surface area contributed by atoms with Crippen LogP contribution in [0.4, 0.5) is 0 Å². The highest BCUT2D eigenvalue weighted by Gasteiger charge is 2.03. The van der Waals surface area contributed by atoms with E-state index in [1.54, 1.807) is 11.3 Å². The molecular weight excluding hydrogens is 216 g/mol. The van der Waals surface area contributed by atoms with Crippen molar-refractivity contribution in [3.05, 3.63) is 52.6 Å². The largest absolute Gasteiger partial charge is 0.341 e. The van der Waals surface area contributed by atoms with E-state index in [4.69, 9.17) is 0 Å². The molecule has 3 heteroatoms. The number of para-hydroxylation sites is 1. The SMILES string of the molecule is Cc1csc(Cn2ccc3ccccc32)n1. The molecule has 0 saturated heterocycles. The van der Waals surface area contributed by atoms with Crippen molar-refractivity contribution < 1.29 is 0 Å². The molecule has 0 aliphatic heterocycles. The van der Waals surface area contributed by atoms with E-state index in [2.05, 4.69) is 51.5 Å². The second-order valence-corrected chi connectivity index (χ2v) is 4.83. The van der Waals surface area contributed by atoms with Crippen molar-refractivity contribution in [2.24, 2.45) is 0 Å². The summed E-state index contributed by atoms with van der Waals surface area (Å²) in [5, 5.41) is 4.55. The summed E-state index contributed by atoms with van der Waals surface area (Å²) in [5.41, 5.74) is 2.38. The fraction of sp³-hybridized carbons (Fsp3) is 0.154. The Kier molecular flexibility index (Phi) is 2.26. The molecule has 0 amide bonds. The van der Waals surface area contributed by atoms with E-state index in [9.17, 15) is 0 Å². The minimum atomic E-state index is 0.867. The third kappa shape index (κ3) is 1.63. The van der Waals surface area contributed by atoms with Gasteiger partial charge in [0.05, 0.1) is 6.54 Å². The first-order chi connectivity index (χ1) is 7.83. The number of aromatic nitrogens is 2. The zero-order chi connectivity index (χ0) is 11.0. The van der Waals surface area contributed by atoms with Gasteiger partial charge in [-0.25, -0.2) is 4.98 Å². The molecule has 0 aliphatic rings. The van der Waals surface area contributed by atoms with Crippen LogP contribution >= 0.6 is 11.3 Å². The van der Waals surface area contributed by atoms with Gasteiger partial charge in [0, 0.05) is 22.8 Å². The average Bonchev–Trinajstić information content (AvgIpc) is 2.87. The van der Waals surface area contributed by atoms with Gasteiger partial charge in [0.2, 0.25) is 0 Å². The van der Waals surface area contributed by atoms with Crippen molar-refractivity contribution in [1.29, 1.82) is 0 Å². The lowest BCUT2D eigenvalue weighted by atomic mass is 10.2. The Bertz CT molecular complexity index is 621. The Balaban J connectivity index is 2.00. The molecule has 80 valence electrons. The molecular formula is C13H12N2S. The maximum Gasteiger partial charge on any atom is 0.113 e. The first-order valence-corrected chi connectivity index (χ1v) is 6.16. The number of benzene rings is 1. The molecule has 3 aromatic rings. The Morgan fingerprint density at radius 2 is 2.12 bits per heavy atom. The second-order valence-electron chi connectivity index (χ2n) is 3.89. The molecule has 0 saturated carbocycles. The van der Waals surface area contributed by atoms with Crippen LogP contribution in [0.15, 0.2) is 41.9 Å². The molecule has 2 nitrogen and oxygen atoms in total. The van der Waals surface area contributed by atoms with Crippen molar-refractivity contribution in [3.63, 3.8) is 0 Å². The molecule has 0 fully saturated rings. The number of aryl methyl sites for hydroxylation is 1. The van der Waals surface area contributed by atoms with Crippen molar-refractivity contribution in [1.82, 2.24) is 9.55 Å². The van der Waals surface area contributed by atoms with Gasteiger partial charge in [-0.3, -0.25) is 0 Å². The maximum absolute atomic E-state index is 4.49. The van der Waals surface area contributed by atoms with Gasteiger partial charge in [-0.1, -0.05) is 18.2 Å². The van der Waals surface area contributed by atoms with Gasteiger partial charge >= 0.3 is 0 Å². The normalized spacial score (nSPS) is 11.1. The van der Waals surface area contributed by atoms with Crippen LogP contribution in [0, 0.1) is 6.92 Å². The monoisotopic (exact) mass is 228 g/mol. The minimum absolute atomic E-state index is 0.867. The van der Waals surface area contributed by atoms with Gasteiger partial charge in [0.1, 0.15) is 5.01 Å². The number of thiazole rings is 1. The molecule has 0 atom stereocenters. The fourth-order valence-electron chi connectivity index (χ4n) is 1.90. The summed E-state index contributed by atoms with van der Waals surface area (Å²) in [5.74, 6) is 0. The highest BCUT2D eigenvalue weighted by Crippen LogP contribution is 2.18. The van der Waals surface area contributed by atoms with E-state index >= 15 is 0 Å². The Labute approximate surface area is 98.2 Å². The molecule has 0 unspecified atom stereocenters. The lowest BCUT2D eigenvalue weighted by Crippen LogP contribution is -1.96. The van der Waals surface area contributed by atoms with Crippen LogP contribution in [0.5, 0.6) is 0 Å². The molecule has 2 heterocycles. The van der Waals surface area contributed by atoms with Gasteiger partial charge in [0.25, 0.3) is 0 Å². The Morgan fingerprint density at radius 1 is 1.25 bits per heavy atom. The van der Waals surface area contributed by atoms with E-state index in [-0.39, 0.29) is 0 Å². The van der Waals surface area contributed by atoms with Crippen LogP contribution in [-0.2, 0) is 6.54 Å². The summed E-state index contributed by atoms with van der Waals surface area (Å²) >= 11 is 1.72. The first kappa shape index (κ1) is 9.60. The molecule has 0 bridgehead atoms. The number of hydrogen-bond acceptors (Lipinski definition) is 2. The number of fused-ring (bicyclic) bond motifs is 1. The summed E-state index contributed by atoms with van der Waals surface area (Å²) in [7, 11) is 0. The highest BCUT2D eigenvalue weighted by atomic mass is 32.1. The predicted molar refractivity (Wildman–Crippen MR) is 67.9 cm³/mol. The third-order valence-electron chi connectivity index (χ3n) is 2.65. The van der Waals surface area contributed by atoms with Crippen LogP contribution in [0.25, 0.3) is 10.9 Å². The number of hydrogen-bond donors (Lipinski definition) is 0.